The molecule has 0 aromatic heterocycles. The van der Waals surface area contributed by atoms with Gasteiger partial charge < -0.3 is 0 Å². The molecule has 0 fully saturated rings. The maximum absolute atomic E-state index is 12.8. The molecule has 1 aliphatic heterocycles. The van der Waals surface area contributed by atoms with Crippen molar-refractivity contribution in [1.82, 2.24) is 5.01 Å². The summed E-state index contributed by atoms with van der Waals surface area (Å²) in [7, 11) is 0. The van der Waals surface area contributed by atoms with Crippen LogP contribution in [0.4, 0.5) is 4.39 Å². The largest absolute Gasteiger partial charge is 0.207 e. The van der Waals surface area contributed by atoms with Crippen LogP contribution in [0.25, 0.3) is 0 Å². The van der Waals surface area contributed by atoms with Crippen LogP contribution >= 0.6 is 0 Å². The minimum Gasteiger partial charge on any atom is -0.207 e. The molecule has 0 saturated carbocycles. The van der Waals surface area contributed by atoms with Crippen LogP contribution in [0, 0.1) is 11.5 Å². The molecule has 0 aromatic rings. The Kier molecular flexibility index (Phi) is 1.81. The zero-order valence-electron chi connectivity index (χ0n) is 6.81. The van der Waals surface area contributed by atoms with Crippen molar-refractivity contribution in [3.63, 3.8) is 0 Å². The molecule has 0 radical (unpaired) electrons. The lowest BCUT2D eigenvalue weighted by atomic mass is 9.98. The van der Waals surface area contributed by atoms with Gasteiger partial charge in [-0.25, -0.2) is 4.39 Å². The molecule has 66 valence electrons. The average Bonchev–Trinajstić information content (AvgIpc) is 2.16. The van der Waals surface area contributed by atoms with Gasteiger partial charge in [0.25, 0.3) is 0 Å². The molecular formula is C8H7FN4. The molecule has 2 aliphatic rings. The fourth-order valence-corrected chi connectivity index (χ4v) is 1.36. The Balaban J connectivity index is 2.25. The van der Waals surface area contributed by atoms with Gasteiger partial charge in [0.2, 0.25) is 6.19 Å². The van der Waals surface area contributed by atoms with E-state index in [0.717, 1.165) is 10.6 Å². The van der Waals surface area contributed by atoms with Gasteiger partial charge in [0, 0.05) is 0 Å². The van der Waals surface area contributed by atoms with Crippen molar-refractivity contribution in [2.75, 3.05) is 6.54 Å². The molecule has 1 aliphatic carbocycles. The second kappa shape index (κ2) is 2.98. The number of nitrogens with zero attached hydrogens (tertiary/aromatic N) is 4. The van der Waals surface area contributed by atoms with Crippen LogP contribution < -0.4 is 0 Å². The Morgan fingerprint density at radius 2 is 2.54 bits per heavy atom. The second-order valence-corrected chi connectivity index (χ2v) is 2.92. The molecule has 1 atom stereocenters. The second-order valence-electron chi connectivity index (χ2n) is 2.92. The van der Waals surface area contributed by atoms with Crippen LogP contribution in [0.15, 0.2) is 33.9 Å². The van der Waals surface area contributed by atoms with E-state index in [2.05, 4.69) is 10.3 Å². The van der Waals surface area contributed by atoms with Crippen LogP contribution in [0.5, 0.6) is 0 Å². The van der Waals surface area contributed by atoms with Crippen LogP contribution in [-0.4, -0.2) is 17.6 Å². The monoisotopic (exact) mass is 178 g/mol. The van der Waals surface area contributed by atoms with Gasteiger partial charge in [-0.05, 0) is 24.1 Å². The maximum Gasteiger partial charge on any atom is 0.203 e. The summed E-state index contributed by atoms with van der Waals surface area (Å²) in [6, 6.07) is -0.0656. The lowest BCUT2D eigenvalue weighted by Gasteiger charge is -2.23. The Labute approximate surface area is 74.6 Å². The third-order valence-corrected chi connectivity index (χ3v) is 2.03. The Morgan fingerprint density at radius 3 is 3.31 bits per heavy atom. The molecule has 0 aromatic carbocycles. The third kappa shape index (κ3) is 1.43. The van der Waals surface area contributed by atoms with Gasteiger partial charge in [-0.15, -0.1) is 0 Å². The first-order valence-corrected chi connectivity index (χ1v) is 3.94. The minimum atomic E-state index is -0.249. The van der Waals surface area contributed by atoms with E-state index in [9.17, 15) is 4.39 Å². The first-order valence-electron chi connectivity index (χ1n) is 3.94. The summed E-state index contributed by atoms with van der Waals surface area (Å²) >= 11 is 0. The van der Waals surface area contributed by atoms with Crippen LogP contribution in [0.2, 0.25) is 0 Å². The summed E-state index contributed by atoms with van der Waals surface area (Å²) in [4.78, 5) is 0. The van der Waals surface area contributed by atoms with E-state index in [4.69, 9.17) is 5.26 Å². The van der Waals surface area contributed by atoms with Gasteiger partial charge in [-0.2, -0.15) is 15.4 Å². The number of hydrogen-bond acceptors (Lipinski definition) is 4. The zero-order chi connectivity index (χ0) is 9.26. The van der Waals surface area contributed by atoms with Crippen LogP contribution in [0.3, 0.4) is 0 Å². The van der Waals surface area contributed by atoms with Crippen molar-refractivity contribution in [3.8, 4) is 6.19 Å². The summed E-state index contributed by atoms with van der Waals surface area (Å²) in [6.45, 7) is 0.353. The molecule has 0 amide bonds. The van der Waals surface area contributed by atoms with Crippen LogP contribution in [-0.2, 0) is 0 Å². The van der Waals surface area contributed by atoms with Gasteiger partial charge in [0.15, 0.2) is 0 Å². The molecular weight excluding hydrogens is 171 g/mol. The number of nitriles is 1. The summed E-state index contributed by atoms with van der Waals surface area (Å²) < 4.78 is 12.8. The Morgan fingerprint density at radius 1 is 1.69 bits per heavy atom. The highest BCUT2D eigenvalue weighted by Gasteiger charge is 2.23. The molecule has 0 N–H and O–H groups in total. The molecule has 13 heavy (non-hydrogen) atoms. The number of hydrogen-bond donors (Lipinski definition) is 0. The standard InChI is InChI=1S/C8H7FN4/c9-7-1-2-8-6(3-7)4-13(5-10)12-11-8/h1,3,8H,2,4H2. The fraction of sp³-hybridized carbons (Fsp3) is 0.375. The van der Waals surface area contributed by atoms with Crippen molar-refractivity contribution in [2.24, 2.45) is 10.3 Å². The molecule has 2 rings (SSSR count). The summed E-state index contributed by atoms with van der Waals surface area (Å²) in [6.07, 6.45) is 5.29. The van der Waals surface area contributed by atoms with E-state index in [-0.39, 0.29) is 11.9 Å². The van der Waals surface area contributed by atoms with Gasteiger partial charge in [0.1, 0.15) is 5.83 Å². The maximum atomic E-state index is 12.8. The molecule has 1 unspecified atom stereocenters. The van der Waals surface area contributed by atoms with Gasteiger partial charge in [-0.1, -0.05) is 5.22 Å². The lowest BCUT2D eigenvalue weighted by Crippen LogP contribution is -2.26. The molecule has 4 nitrogen and oxygen atoms in total. The normalized spacial score (nSPS) is 25.8. The van der Waals surface area contributed by atoms with E-state index in [0.29, 0.717) is 13.0 Å². The first kappa shape index (κ1) is 7.92. The average molecular weight is 178 g/mol. The number of rotatable bonds is 0. The predicted octanol–water partition coefficient (Wildman–Crippen LogP) is 1.70. The highest BCUT2D eigenvalue weighted by molar-refractivity contribution is 5.30. The Bertz CT molecular complexity index is 350. The van der Waals surface area contributed by atoms with E-state index in [1.54, 1.807) is 0 Å². The van der Waals surface area contributed by atoms with Gasteiger partial charge in [0.05, 0.1) is 12.6 Å². The van der Waals surface area contributed by atoms with E-state index in [1.165, 1.54) is 12.2 Å². The smallest absolute Gasteiger partial charge is 0.203 e. The molecule has 0 bridgehead atoms. The third-order valence-electron chi connectivity index (χ3n) is 2.03. The predicted molar refractivity (Wildman–Crippen MR) is 42.9 cm³/mol. The molecule has 0 saturated heterocycles. The minimum absolute atomic E-state index is 0.0656. The lowest BCUT2D eigenvalue weighted by molar-refractivity contribution is 0.358. The molecule has 0 spiro atoms. The SMILES string of the molecule is N#CN1CC2=CC(F)=CCC2N=N1. The summed E-state index contributed by atoms with van der Waals surface area (Å²) in [5, 5.41) is 17.2. The van der Waals surface area contributed by atoms with Crippen molar-refractivity contribution in [3.05, 3.63) is 23.6 Å². The Hall–Kier alpha value is -1.70. The quantitative estimate of drug-likeness (QED) is 0.530. The summed E-state index contributed by atoms with van der Waals surface area (Å²) in [5.41, 5.74) is 0.816. The highest BCUT2D eigenvalue weighted by atomic mass is 19.1. The van der Waals surface area contributed by atoms with Gasteiger partial charge in [-0.3, -0.25) is 0 Å². The fourth-order valence-electron chi connectivity index (χ4n) is 1.36. The molecule has 1 heterocycles. The van der Waals surface area contributed by atoms with Crippen molar-refractivity contribution in [1.29, 1.82) is 5.26 Å². The number of fused-ring (bicyclic) bond motifs is 1. The van der Waals surface area contributed by atoms with E-state index >= 15 is 0 Å². The summed E-state index contributed by atoms with van der Waals surface area (Å²) in [5.74, 6) is -0.249. The number of allylic oxidation sites excluding steroid dienone is 2. The van der Waals surface area contributed by atoms with E-state index < -0.39 is 0 Å². The van der Waals surface area contributed by atoms with Gasteiger partial charge >= 0.3 is 0 Å². The number of halogens is 1. The topological polar surface area (TPSA) is 51.8 Å². The van der Waals surface area contributed by atoms with Crippen molar-refractivity contribution < 1.29 is 4.39 Å². The van der Waals surface area contributed by atoms with E-state index in [1.807, 2.05) is 6.19 Å². The van der Waals surface area contributed by atoms with Crippen molar-refractivity contribution >= 4 is 0 Å². The van der Waals surface area contributed by atoms with Crippen molar-refractivity contribution in [2.45, 2.75) is 12.5 Å². The first-order chi connectivity index (χ1) is 6.29. The molecule has 5 heteroatoms. The highest BCUT2D eigenvalue weighted by Crippen LogP contribution is 2.25. The van der Waals surface area contributed by atoms with Crippen LogP contribution in [0.1, 0.15) is 6.42 Å². The zero-order valence-corrected chi connectivity index (χ0v) is 6.81.